The van der Waals surface area contributed by atoms with Crippen LogP contribution in [0.15, 0.2) is 24.4 Å². The first-order valence-corrected chi connectivity index (χ1v) is 7.02. The Morgan fingerprint density at radius 1 is 1.48 bits per heavy atom. The van der Waals surface area contributed by atoms with Crippen LogP contribution in [0, 0.1) is 5.92 Å². The van der Waals surface area contributed by atoms with Crippen LogP contribution in [0.25, 0.3) is 10.9 Å². The summed E-state index contributed by atoms with van der Waals surface area (Å²) in [4.78, 5) is 25.0. The van der Waals surface area contributed by atoms with E-state index in [1.807, 2.05) is 36.1 Å². The summed E-state index contributed by atoms with van der Waals surface area (Å²) in [6.45, 7) is 0.918. The molecule has 2 amide bonds. The Morgan fingerprint density at radius 3 is 3.05 bits per heavy atom. The smallest absolute Gasteiger partial charge is 0.222 e. The van der Waals surface area contributed by atoms with Crippen LogP contribution in [-0.2, 0) is 23.2 Å². The lowest BCUT2D eigenvalue weighted by atomic mass is 9.96. The molecule has 2 N–H and O–H groups in total. The minimum atomic E-state index is -0.324. The number of carbonyl (C=O) groups is 2. The second-order valence-electron chi connectivity index (χ2n) is 5.57. The van der Waals surface area contributed by atoms with Gasteiger partial charge in [-0.15, -0.1) is 0 Å². The van der Waals surface area contributed by atoms with Crippen molar-refractivity contribution >= 4 is 22.7 Å². The Balaban J connectivity index is 1.81. The molecule has 1 saturated heterocycles. The molecule has 1 atom stereocenters. The van der Waals surface area contributed by atoms with E-state index in [9.17, 15) is 9.59 Å². The van der Waals surface area contributed by atoms with Gasteiger partial charge < -0.3 is 10.6 Å². The van der Waals surface area contributed by atoms with Gasteiger partial charge in [-0.2, -0.15) is 5.10 Å². The zero-order chi connectivity index (χ0) is 15.0. The van der Waals surface area contributed by atoms with Gasteiger partial charge in [0.1, 0.15) is 0 Å². The highest BCUT2D eigenvalue weighted by molar-refractivity contribution is 5.83. The van der Waals surface area contributed by atoms with Crippen LogP contribution in [0.3, 0.4) is 0 Å². The van der Waals surface area contributed by atoms with E-state index in [0.717, 1.165) is 16.5 Å². The summed E-state index contributed by atoms with van der Waals surface area (Å²) >= 11 is 0. The number of nitrogens with two attached hydrogens (primary N) is 1. The summed E-state index contributed by atoms with van der Waals surface area (Å²) in [5.74, 6) is -0.477. The van der Waals surface area contributed by atoms with Crippen LogP contribution in [0.4, 0.5) is 0 Å². The summed E-state index contributed by atoms with van der Waals surface area (Å²) < 4.78 is 1.81. The number of fused-ring (bicyclic) bond motifs is 1. The topological polar surface area (TPSA) is 81.2 Å². The van der Waals surface area contributed by atoms with E-state index in [2.05, 4.69) is 5.10 Å². The van der Waals surface area contributed by atoms with Gasteiger partial charge in [0.15, 0.2) is 0 Å². The predicted molar refractivity (Wildman–Crippen MR) is 78.0 cm³/mol. The molecule has 0 spiro atoms. The molecule has 110 valence electrons. The number of primary amides is 1. The number of amides is 2. The van der Waals surface area contributed by atoms with E-state index in [1.165, 1.54) is 0 Å². The van der Waals surface area contributed by atoms with Crippen LogP contribution in [0.2, 0.25) is 0 Å². The SMILES string of the molecule is Cn1ncc2ccc(CN3C[C@@H](C(N)=O)CCC3=O)cc21. The average molecular weight is 286 g/mol. The van der Waals surface area contributed by atoms with E-state index < -0.39 is 0 Å². The molecule has 2 aromatic rings. The summed E-state index contributed by atoms with van der Waals surface area (Å²) in [7, 11) is 1.89. The standard InChI is InChI=1S/C15H18N4O2/c1-18-13-6-10(2-3-11(13)7-17-18)8-19-9-12(15(16)21)4-5-14(19)20/h2-3,6-7,12H,4-5,8-9H2,1H3,(H2,16,21)/t12-/m0/s1. The summed E-state index contributed by atoms with van der Waals surface area (Å²) in [5.41, 5.74) is 7.42. The van der Waals surface area contributed by atoms with Gasteiger partial charge in [-0.1, -0.05) is 12.1 Å². The van der Waals surface area contributed by atoms with Crippen LogP contribution >= 0.6 is 0 Å². The third kappa shape index (κ3) is 2.61. The van der Waals surface area contributed by atoms with E-state index in [4.69, 9.17) is 5.73 Å². The first-order chi connectivity index (χ1) is 10.0. The Hall–Kier alpha value is -2.37. The number of piperidine rings is 1. The molecule has 1 aliphatic heterocycles. The number of nitrogens with zero attached hydrogens (tertiary/aromatic N) is 3. The minimum Gasteiger partial charge on any atom is -0.369 e. The molecular formula is C15H18N4O2. The monoisotopic (exact) mass is 286 g/mol. The normalized spacial score (nSPS) is 19.2. The van der Waals surface area contributed by atoms with Crippen molar-refractivity contribution in [1.82, 2.24) is 14.7 Å². The Bertz CT molecular complexity index is 707. The molecule has 1 fully saturated rings. The van der Waals surface area contributed by atoms with Crippen molar-refractivity contribution < 1.29 is 9.59 Å². The first-order valence-electron chi connectivity index (χ1n) is 7.02. The molecule has 0 radical (unpaired) electrons. The van der Waals surface area contributed by atoms with Crippen LogP contribution in [0.5, 0.6) is 0 Å². The number of carbonyl (C=O) groups excluding carboxylic acids is 2. The lowest BCUT2D eigenvalue weighted by molar-refractivity contribution is -0.138. The lowest BCUT2D eigenvalue weighted by Crippen LogP contribution is -2.43. The molecule has 1 aromatic heterocycles. The van der Waals surface area contributed by atoms with Crippen LogP contribution in [-0.4, -0.2) is 33.0 Å². The molecule has 21 heavy (non-hydrogen) atoms. The summed E-state index contributed by atoms with van der Waals surface area (Å²) in [5, 5.41) is 5.28. The van der Waals surface area contributed by atoms with Gasteiger partial charge in [-0.05, 0) is 18.1 Å². The number of aryl methyl sites for hydroxylation is 1. The number of rotatable bonds is 3. The molecule has 6 nitrogen and oxygen atoms in total. The van der Waals surface area contributed by atoms with Crippen molar-refractivity contribution in [1.29, 1.82) is 0 Å². The van der Waals surface area contributed by atoms with E-state index in [1.54, 1.807) is 4.90 Å². The summed E-state index contributed by atoms with van der Waals surface area (Å²) in [6.07, 6.45) is 2.77. The van der Waals surface area contributed by atoms with Crippen LogP contribution < -0.4 is 5.73 Å². The third-order valence-corrected chi connectivity index (χ3v) is 4.09. The van der Waals surface area contributed by atoms with Gasteiger partial charge in [-0.3, -0.25) is 14.3 Å². The van der Waals surface area contributed by atoms with Crippen LogP contribution in [0.1, 0.15) is 18.4 Å². The molecule has 0 aliphatic carbocycles. The largest absolute Gasteiger partial charge is 0.369 e. The van der Waals surface area contributed by atoms with Gasteiger partial charge in [0.25, 0.3) is 0 Å². The molecular weight excluding hydrogens is 268 g/mol. The van der Waals surface area contributed by atoms with Gasteiger partial charge in [0, 0.05) is 31.9 Å². The molecule has 1 aromatic carbocycles. The number of hydrogen-bond donors (Lipinski definition) is 1. The maximum Gasteiger partial charge on any atom is 0.222 e. The Kier molecular flexibility index (Phi) is 3.37. The fourth-order valence-corrected chi connectivity index (χ4v) is 2.81. The minimum absolute atomic E-state index is 0.0811. The predicted octanol–water partition coefficient (Wildman–Crippen LogP) is 0.797. The van der Waals surface area contributed by atoms with E-state index in [-0.39, 0.29) is 17.7 Å². The lowest BCUT2D eigenvalue weighted by Gasteiger charge is -2.31. The highest BCUT2D eigenvalue weighted by Gasteiger charge is 2.28. The zero-order valence-corrected chi connectivity index (χ0v) is 12.0. The van der Waals surface area contributed by atoms with E-state index in [0.29, 0.717) is 25.9 Å². The molecule has 6 heteroatoms. The quantitative estimate of drug-likeness (QED) is 0.906. The molecule has 0 unspecified atom stereocenters. The number of hydrogen-bond acceptors (Lipinski definition) is 3. The van der Waals surface area contributed by atoms with E-state index >= 15 is 0 Å². The second-order valence-corrected chi connectivity index (χ2v) is 5.57. The number of benzene rings is 1. The fraction of sp³-hybridized carbons (Fsp3) is 0.400. The number of likely N-dealkylation sites (tertiary alicyclic amines) is 1. The van der Waals surface area contributed by atoms with Gasteiger partial charge in [0.2, 0.25) is 11.8 Å². The third-order valence-electron chi connectivity index (χ3n) is 4.09. The highest BCUT2D eigenvalue weighted by Crippen LogP contribution is 2.21. The second kappa shape index (κ2) is 5.20. The molecule has 0 saturated carbocycles. The van der Waals surface area contributed by atoms with Crippen molar-refractivity contribution in [2.45, 2.75) is 19.4 Å². The molecule has 0 bridgehead atoms. The zero-order valence-electron chi connectivity index (χ0n) is 12.0. The molecule has 1 aliphatic rings. The first kappa shape index (κ1) is 13.6. The highest BCUT2D eigenvalue weighted by atomic mass is 16.2. The van der Waals surface area contributed by atoms with Gasteiger partial charge in [-0.25, -0.2) is 0 Å². The van der Waals surface area contributed by atoms with Crippen molar-refractivity contribution in [2.75, 3.05) is 6.54 Å². The molecule has 2 heterocycles. The Labute approximate surface area is 122 Å². The van der Waals surface area contributed by atoms with Gasteiger partial charge >= 0.3 is 0 Å². The maximum absolute atomic E-state index is 12.0. The Morgan fingerprint density at radius 2 is 2.29 bits per heavy atom. The van der Waals surface area contributed by atoms with Gasteiger partial charge in [0.05, 0.1) is 17.6 Å². The average Bonchev–Trinajstić information content (AvgIpc) is 2.82. The maximum atomic E-state index is 12.0. The van der Waals surface area contributed by atoms with Crippen molar-refractivity contribution in [2.24, 2.45) is 18.7 Å². The molecule has 3 rings (SSSR count). The number of aromatic nitrogens is 2. The van der Waals surface area contributed by atoms with Crippen molar-refractivity contribution in [3.8, 4) is 0 Å². The van der Waals surface area contributed by atoms with Crippen molar-refractivity contribution in [3.63, 3.8) is 0 Å². The van der Waals surface area contributed by atoms with Crippen molar-refractivity contribution in [3.05, 3.63) is 30.0 Å². The summed E-state index contributed by atoms with van der Waals surface area (Å²) in [6, 6.07) is 6.02. The fourth-order valence-electron chi connectivity index (χ4n) is 2.81.